The number of carbonyl (C=O) groups excluding carboxylic acids is 2. The molecule has 126 valence electrons. The first-order valence-corrected chi connectivity index (χ1v) is 8.03. The predicted molar refractivity (Wildman–Crippen MR) is 87.8 cm³/mol. The molecule has 0 bridgehead atoms. The Kier molecular flexibility index (Phi) is 4.97. The molecule has 0 radical (unpaired) electrons. The fourth-order valence-corrected chi connectivity index (χ4v) is 2.75. The smallest absolute Gasteiger partial charge is 0.341 e. The summed E-state index contributed by atoms with van der Waals surface area (Å²) in [7, 11) is 0. The van der Waals surface area contributed by atoms with Crippen LogP contribution in [0.2, 0.25) is 0 Å². The van der Waals surface area contributed by atoms with Crippen LogP contribution in [0.15, 0.2) is 12.1 Å². The van der Waals surface area contributed by atoms with Gasteiger partial charge in [-0.05, 0) is 37.0 Å². The van der Waals surface area contributed by atoms with Crippen molar-refractivity contribution in [3.63, 3.8) is 0 Å². The van der Waals surface area contributed by atoms with Crippen molar-refractivity contribution < 1.29 is 19.1 Å². The van der Waals surface area contributed by atoms with Gasteiger partial charge < -0.3 is 14.4 Å². The molecule has 0 aliphatic carbocycles. The molecule has 0 aromatic heterocycles. The fraction of sp³-hybridized carbons (Fsp3) is 0.556. The van der Waals surface area contributed by atoms with Crippen LogP contribution in [-0.4, -0.2) is 36.5 Å². The first-order chi connectivity index (χ1) is 10.8. The summed E-state index contributed by atoms with van der Waals surface area (Å²) < 4.78 is 10.6. The standard InChI is InChI=1S/C18H25NO4/c1-6-22-15-9-13-12(8-14(15)17(21)23-7-2)10-19(16(13)20)11-18(3,4)5/h8-9H,6-7,10-11H2,1-5H3. The lowest BCUT2D eigenvalue weighted by atomic mass is 9.96. The Labute approximate surface area is 137 Å². The average molecular weight is 319 g/mol. The van der Waals surface area contributed by atoms with Gasteiger partial charge >= 0.3 is 5.97 Å². The van der Waals surface area contributed by atoms with Crippen LogP contribution in [0.4, 0.5) is 0 Å². The van der Waals surface area contributed by atoms with Crippen molar-refractivity contribution >= 4 is 11.9 Å². The van der Waals surface area contributed by atoms with E-state index in [1.165, 1.54) is 0 Å². The Morgan fingerprint density at radius 3 is 2.48 bits per heavy atom. The number of esters is 1. The lowest BCUT2D eigenvalue weighted by Gasteiger charge is -2.26. The van der Waals surface area contributed by atoms with Crippen LogP contribution in [0.3, 0.4) is 0 Å². The van der Waals surface area contributed by atoms with Crippen LogP contribution in [-0.2, 0) is 11.3 Å². The number of amides is 1. The number of rotatable bonds is 5. The molecule has 1 aromatic rings. The van der Waals surface area contributed by atoms with Crippen LogP contribution in [0.25, 0.3) is 0 Å². The third-order valence-corrected chi connectivity index (χ3v) is 3.54. The summed E-state index contributed by atoms with van der Waals surface area (Å²) in [5.41, 5.74) is 1.87. The van der Waals surface area contributed by atoms with E-state index in [-0.39, 0.29) is 11.3 Å². The SMILES string of the molecule is CCOC(=O)c1cc2c(cc1OCC)C(=O)N(CC(C)(C)C)C2. The molecular formula is C18H25NO4. The van der Waals surface area contributed by atoms with E-state index in [9.17, 15) is 9.59 Å². The monoisotopic (exact) mass is 319 g/mol. The van der Waals surface area contributed by atoms with Gasteiger partial charge in [-0.15, -0.1) is 0 Å². The molecule has 0 fully saturated rings. The number of benzene rings is 1. The molecule has 2 rings (SSSR count). The zero-order valence-corrected chi connectivity index (χ0v) is 14.6. The van der Waals surface area contributed by atoms with Gasteiger partial charge in [0.05, 0.1) is 13.2 Å². The molecule has 1 aliphatic rings. The first kappa shape index (κ1) is 17.3. The zero-order valence-electron chi connectivity index (χ0n) is 14.6. The summed E-state index contributed by atoms with van der Waals surface area (Å²) in [6.45, 7) is 11.8. The number of nitrogens with zero attached hydrogens (tertiary/aromatic N) is 1. The van der Waals surface area contributed by atoms with Crippen molar-refractivity contribution in [2.45, 2.75) is 41.2 Å². The number of fused-ring (bicyclic) bond motifs is 1. The highest BCUT2D eigenvalue weighted by Gasteiger charge is 2.32. The Balaban J connectivity index is 2.37. The number of hydrogen-bond donors (Lipinski definition) is 0. The average Bonchev–Trinajstić information content (AvgIpc) is 2.73. The van der Waals surface area contributed by atoms with E-state index in [0.29, 0.717) is 43.2 Å². The molecule has 1 aromatic carbocycles. The highest BCUT2D eigenvalue weighted by molar-refractivity contribution is 6.01. The first-order valence-electron chi connectivity index (χ1n) is 8.03. The largest absolute Gasteiger partial charge is 0.493 e. The Hall–Kier alpha value is -2.04. The second-order valence-electron chi connectivity index (χ2n) is 6.88. The van der Waals surface area contributed by atoms with Crippen LogP contribution in [0.1, 0.15) is 60.9 Å². The Morgan fingerprint density at radius 1 is 1.22 bits per heavy atom. The van der Waals surface area contributed by atoms with Gasteiger partial charge in [0.1, 0.15) is 11.3 Å². The molecule has 0 unspecified atom stereocenters. The number of carbonyl (C=O) groups is 2. The van der Waals surface area contributed by atoms with Gasteiger partial charge in [-0.2, -0.15) is 0 Å². The van der Waals surface area contributed by atoms with Gasteiger partial charge in [-0.3, -0.25) is 4.79 Å². The Bertz CT molecular complexity index is 616. The van der Waals surface area contributed by atoms with Gasteiger partial charge in [-0.25, -0.2) is 4.79 Å². The Morgan fingerprint density at radius 2 is 1.91 bits per heavy atom. The third-order valence-electron chi connectivity index (χ3n) is 3.54. The molecule has 0 saturated heterocycles. The van der Waals surface area contributed by atoms with Gasteiger partial charge in [0.25, 0.3) is 5.91 Å². The summed E-state index contributed by atoms with van der Waals surface area (Å²) in [6, 6.07) is 3.41. The maximum absolute atomic E-state index is 12.6. The molecule has 1 amide bonds. The van der Waals surface area contributed by atoms with Crippen molar-refractivity contribution in [2.24, 2.45) is 5.41 Å². The molecule has 1 aliphatic heterocycles. The third kappa shape index (κ3) is 3.84. The minimum atomic E-state index is -0.416. The molecule has 1 heterocycles. The molecule has 0 spiro atoms. The zero-order chi connectivity index (χ0) is 17.2. The van der Waals surface area contributed by atoms with Gasteiger partial charge in [0.15, 0.2) is 0 Å². The highest BCUT2D eigenvalue weighted by atomic mass is 16.5. The van der Waals surface area contributed by atoms with Gasteiger partial charge in [-0.1, -0.05) is 20.8 Å². The lowest BCUT2D eigenvalue weighted by Crippen LogP contribution is -2.32. The molecule has 0 N–H and O–H groups in total. The highest BCUT2D eigenvalue weighted by Crippen LogP contribution is 2.32. The van der Waals surface area contributed by atoms with Crippen LogP contribution < -0.4 is 4.74 Å². The van der Waals surface area contributed by atoms with Gasteiger partial charge in [0, 0.05) is 18.7 Å². The summed E-state index contributed by atoms with van der Waals surface area (Å²) >= 11 is 0. The van der Waals surface area contributed by atoms with E-state index in [0.717, 1.165) is 5.56 Å². The molecule has 0 atom stereocenters. The van der Waals surface area contributed by atoms with Crippen molar-refractivity contribution in [1.29, 1.82) is 0 Å². The van der Waals surface area contributed by atoms with Crippen molar-refractivity contribution in [2.75, 3.05) is 19.8 Å². The fourth-order valence-electron chi connectivity index (χ4n) is 2.75. The second kappa shape index (κ2) is 6.60. The van der Waals surface area contributed by atoms with E-state index in [2.05, 4.69) is 20.8 Å². The number of ether oxygens (including phenoxy) is 2. The van der Waals surface area contributed by atoms with Crippen molar-refractivity contribution in [3.8, 4) is 5.75 Å². The van der Waals surface area contributed by atoms with E-state index in [4.69, 9.17) is 9.47 Å². The van der Waals surface area contributed by atoms with Gasteiger partial charge in [0.2, 0.25) is 0 Å². The molecule has 0 saturated carbocycles. The van der Waals surface area contributed by atoms with E-state index < -0.39 is 5.97 Å². The molecular weight excluding hydrogens is 294 g/mol. The number of hydrogen-bond acceptors (Lipinski definition) is 4. The summed E-state index contributed by atoms with van der Waals surface area (Å²) in [4.78, 5) is 26.5. The molecule has 23 heavy (non-hydrogen) atoms. The van der Waals surface area contributed by atoms with E-state index >= 15 is 0 Å². The normalized spacial score (nSPS) is 14.0. The topological polar surface area (TPSA) is 55.8 Å². The van der Waals surface area contributed by atoms with Crippen molar-refractivity contribution in [1.82, 2.24) is 4.90 Å². The summed E-state index contributed by atoms with van der Waals surface area (Å²) in [5.74, 6) is -0.0117. The quantitative estimate of drug-likeness (QED) is 0.782. The van der Waals surface area contributed by atoms with Crippen LogP contribution in [0, 0.1) is 5.41 Å². The van der Waals surface area contributed by atoms with E-state index in [1.807, 2.05) is 11.8 Å². The second-order valence-corrected chi connectivity index (χ2v) is 6.88. The summed E-state index contributed by atoms with van der Waals surface area (Å²) in [5, 5.41) is 0. The maximum Gasteiger partial charge on any atom is 0.341 e. The minimum Gasteiger partial charge on any atom is -0.493 e. The predicted octanol–water partition coefficient (Wildman–Crippen LogP) is 3.26. The molecule has 5 heteroatoms. The minimum absolute atomic E-state index is 0.00807. The van der Waals surface area contributed by atoms with Crippen molar-refractivity contribution in [3.05, 3.63) is 28.8 Å². The maximum atomic E-state index is 12.6. The van der Waals surface area contributed by atoms with Crippen LogP contribution >= 0.6 is 0 Å². The lowest BCUT2D eigenvalue weighted by molar-refractivity contribution is 0.0521. The molecule has 5 nitrogen and oxygen atoms in total. The van der Waals surface area contributed by atoms with Crippen LogP contribution in [0.5, 0.6) is 5.75 Å². The summed E-state index contributed by atoms with van der Waals surface area (Å²) in [6.07, 6.45) is 0. The van der Waals surface area contributed by atoms with E-state index in [1.54, 1.807) is 19.1 Å².